The summed E-state index contributed by atoms with van der Waals surface area (Å²) in [5.74, 6) is -0.773. The fourth-order valence-electron chi connectivity index (χ4n) is 5.24. The van der Waals surface area contributed by atoms with Crippen molar-refractivity contribution < 1.29 is 33.1 Å². The number of carbonyl (C=O) groups is 5. The maximum absolute atomic E-state index is 13.1. The van der Waals surface area contributed by atoms with Gasteiger partial charge in [0.05, 0.1) is 13.7 Å². The average Bonchev–Trinajstić information content (AvgIpc) is 3.65. The largest absolute Gasteiger partial charge is 0.497 e. The molecule has 3 aliphatic rings. The number of amides is 7. The summed E-state index contributed by atoms with van der Waals surface area (Å²) in [6.07, 6.45) is 3.16. The Morgan fingerprint density at radius 3 is 2.41 bits per heavy atom. The van der Waals surface area contributed by atoms with Gasteiger partial charge < -0.3 is 24.7 Å². The van der Waals surface area contributed by atoms with E-state index in [-0.39, 0.29) is 18.2 Å². The third kappa shape index (κ3) is 3.55. The molecule has 2 atom stereocenters. The molecule has 2 fully saturated rings. The Bertz CT molecular complexity index is 1640. The van der Waals surface area contributed by atoms with Crippen molar-refractivity contribution in [3.63, 3.8) is 0 Å². The highest BCUT2D eigenvalue weighted by Gasteiger charge is 2.50. The van der Waals surface area contributed by atoms with E-state index in [1.54, 1.807) is 49.4 Å². The van der Waals surface area contributed by atoms with E-state index >= 15 is 0 Å². The minimum atomic E-state index is -1.73. The third-order valence-corrected chi connectivity index (χ3v) is 7.42. The van der Waals surface area contributed by atoms with Crippen LogP contribution in [0.25, 0.3) is 11.0 Å². The van der Waals surface area contributed by atoms with E-state index in [9.17, 15) is 24.0 Å². The van der Waals surface area contributed by atoms with Crippen LogP contribution in [0.2, 0.25) is 0 Å². The molecule has 2 aromatic carbocycles. The van der Waals surface area contributed by atoms with E-state index in [0.717, 1.165) is 5.56 Å². The highest BCUT2D eigenvalue weighted by Crippen LogP contribution is 2.36. The van der Waals surface area contributed by atoms with Gasteiger partial charge in [0.15, 0.2) is 5.54 Å². The minimum absolute atomic E-state index is 0.102. The predicted molar refractivity (Wildman–Crippen MR) is 135 cm³/mol. The van der Waals surface area contributed by atoms with Gasteiger partial charge in [-0.2, -0.15) is 0 Å². The lowest BCUT2D eigenvalue weighted by Crippen LogP contribution is -2.43. The standard InChI is InChI=1S/C27H23N5O7/c1-3-26(22(34)28-24(36)30-26)16-5-7-19-15(10-16)11-20(39-19)27(23(35)29-25(37)31-27)8-9-32-13-14-4-6-17(38-2)12-18(14)21(32)33/h4-12H,3,13H2,1-2H3,(H2,28,30,34,36)(H2,29,31,35,37). The molecule has 6 rings (SSSR count). The van der Waals surface area contributed by atoms with Gasteiger partial charge in [-0.15, -0.1) is 0 Å². The van der Waals surface area contributed by atoms with Crippen molar-refractivity contribution in [3.8, 4) is 5.75 Å². The van der Waals surface area contributed by atoms with Crippen LogP contribution < -0.4 is 26.0 Å². The maximum Gasteiger partial charge on any atom is 0.322 e. The zero-order valence-electron chi connectivity index (χ0n) is 20.9. The molecule has 3 aliphatic heterocycles. The molecule has 0 bridgehead atoms. The van der Waals surface area contributed by atoms with Crippen LogP contribution in [0.4, 0.5) is 9.59 Å². The lowest BCUT2D eigenvalue weighted by atomic mass is 9.86. The molecular formula is C27H23N5O7. The summed E-state index contributed by atoms with van der Waals surface area (Å²) in [5.41, 5.74) is -0.769. The molecule has 12 heteroatoms. The van der Waals surface area contributed by atoms with E-state index in [2.05, 4.69) is 21.3 Å². The van der Waals surface area contributed by atoms with Crippen LogP contribution in [0.3, 0.4) is 0 Å². The SMILES string of the molecule is CCC1(c2ccc3oc(C4(C=CN5Cc6ccc(OC)cc6C5=O)NC(=O)NC4=O)cc3c2)NC(=O)NC1=O. The Morgan fingerprint density at radius 1 is 0.974 bits per heavy atom. The Balaban J connectivity index is 1.37. The van der Waals surface area contributed by atoms with Crippen molar-refractivity contribution in [2.24, 2.45) is 0 Å². The predicted octanol–water partition coefficient (Wildman–Crippen LogP) is 2.09. The van der Waals surface area contributed by atoms with Crippen LogP contribution in [-0.4, -0.2) is 41.8 Å². The van der Waals surface area contributed by atoms with E-state index in [1.165, 1.54) is 24.3 Å². The Morgan fingerprint density at radius 2 is 1.74 bits per heavy atom. The molecule has 2 unspecified atom stereocenters. The summed E-state index contributed by atoms with van der Waals surface area (Å²) in [5, 5.41) is 10.4. The number of rotatable bonds is 6. The fraction of sp³-hybridized carbons (Fsp3) is 0.222. The first-order valence-electron chi connectivity index (χ1n) is 12.2. The van der Waals surface area contributed by atoms with Gasteiger partial charge in [-0.3, -0.25) is 25.0 Å². The smallest absolute Gasteiger partial charge is 0.322 e. The number of urea groups is 2. The molecule has 12 nitrogen and oxygen atoms in total. The zero-order chi connectivity index (χ0) is 27.5. The van der Waals surface area contributed by atoms with Gasteiger partial charge in [-0.1, -0.05) is 19.1 Å². The average molecular weight is 530 g/mol. The molecule has 7 amide bonds. The number of hydrogen-bond acceptors (Lipinski definition) is 7. The minimum Gasteiger partial charge on any atom is -0.497 e. The van der Waals surface area contributed by atoms with Crippen molar-refractivity contribution in [2.45, 2.75) is 31.0 Å². The van der Waals surface area contributed by atoms with E-state index < -0.39 is 35.0 Å². The Hall–Kier alpha value is -5.13. The van der Waals surface area contributed by atoms with Gasteiger partial charge in [0.1, 0.15) is 22.6 Å². The van der Waals surface area contributed by atoms with E-state index in [0.29, 0.717) is 34.3 Å². The molecule has 0 spiro atoms. The van der Waals surface area contributed by atoms with Gasteiger partial charge in [0.2, 0.25) is 0 Å². The molecule has 3 aromatic rings. The van der Waals surface area contributed by atoms with Crippen LogP contribution in [0.1, 0.15) is 40.6 Å². The fourth-order valence-corrected chi connectivity index (χ4v) is 5.24. The maximum atomic E-state index is 13.1. The van der Waals surface area contributed by atoms with Gasteiger partial charge in [0.25, 0.3) is 17.7 Å². The first-order valence-corrected chi connectivity index (χ1v) is 12.2. The second-order valence-corrected chi connectivity index (χ2v) is 9.52. The number of carbonyl (C=O) groups excluding carboxylic acids is 5. The van der Waals surface area contributed by atoms with Crippen LogP contribution in [-0.2, 0) is 27.2 Å². The number of methoxy groups -OCH3 is 1. The first kappa shape index (κ1) is 24.2. The van der Waals surface area contributed by atoms with Gasteiger partial charge in [0, 0.05) is 17.1 Å². The van der Waals surface area contributed by atoms with Crippen molar-refractivity contribution in [3.05, 3.63) is 77.2 Å². The Labute approximate surface area is 221 Å². The van der Waals surface area contributed by atoms with Crippen LogP contribution in [0.15, 0.2) is 59.2 Å². The second-order valence-electron chi connectivity index (χ2n) is 9.52. The lowest BCUT2D eigenvalue weighted by Gasteiger charge is -2.24. The molecule has 0 aliphatic carbocycles. The number of fused-ring (bicyclic) bond motifs is 2. The van der Waals surface area contributed by atoms with Crippen LogP contribution in [0, 0.1) is 0 Å². The van der Waals surface area contributed by atoms with Gasteiger partial charge >= 0.3 is 12.1 Å². The molecule has 198 valence electrons. The van der Waals surface area contributed by atoms with E-state index in [1.807, 2.05) is 0 Å². The molecule has 4 N–H and O–H groups in total. The first-order chi connectivity index (χ1) is 18.7. The van der Waals surface area contributed by atoms with Crippen molar-refractivity contribution in [1.29, 1.82) is 0 Å². The van der Waals surface area contributed by atoms with Gasteiger partial charge in [-0.25, -0.2) is 9.59 Å². The normalized spacial score (nSPS) is 24.3. The molecule has 1 aromatic heterocycles. The highest BCUT2D eigenvalue weighted by molar-refractivity contribution is 6.09. The number of imide groups is 2. The van der Waals surface area contributed by atoms with Gasteiger partial charge in [-0.05, 0) is 54.0 Å². The summed E-state index contributed by atoms with van der Waals surface area (Å²) in [6.45, 7) is 2.05. The molecular weight excluding hydrogens is 506 g/mol. The second kappa shape index (κ2) is 8.45. The van der Waals surface area contributed by atoms with Crippen LogP contribution in [0.5, 0.6) is 5.75 Å². The molecule has 2 saturated heterocycles. The summed E-state index contributed by atoms with van der Waals surface area (Å²) in [7, 11) is 1.51. The monoisotopic (exact) mass is 529 g/mol. The van der Waals surface area contributed by atoms with Crippen molar-refractivity contribution in [1.82, 2.24) is 26.2 Å². The van der Waals surface area contributed by atoms with Crippen LogP contribution >= 0.6 is 0 Å². The molecule has 4 heterocycles. The zero-order valence-corrected chi connectivity index (χ0v) is 20.9. The lowest BCUT2D eigenvalue weighted by molar-refractivity contribution is -0.124. The highest BCUT2D eigenvalue weighted by atomic mass is 16.5. The quantitative estimate of drug-likeness (QED) is 0.356. The van der Waals surface area contributed by atoms with E-state index in [4.69, 9.17) is 9.15 Å². The van der Waals surface area contributed by atoms with Crippen molar-refractivity contribution in [2.75, 3.05) is 7.11 Å². The number of nitrogens with one attached hydrogen (secondary N) is 4. The number of ether oxygens (including phenoxy) is 1. The molecule has 0 saturated carbocycles. The third-order valence-electron chi connectivity index (χ3n) is 7.42. The molecule has 39 heavy (non-hydrogen) atoms. The number of benzene rings is 2. The summed E-state index contributed by atoms with van der Waals surface area (Å²) in [4.78, 5) is 64.3. The summed E-state index contributed by atoms with van der Waals surface area (Å²) >= 11 is 0. The number of hydrogen-bond donors (Lipinski definition) is 4. The number of nitrogens with zero attached hydrogens (tertiary/aromatic N) is 1. The summed E-state index contributed by atoms with van der Waals surface area (Å²) in [6, 6.07) is 10.5. The Kier molecular flexibility index (Phi) is 5.25. The summed E-state index contributed by atoms with van der Waals surface area (Å²) < 4.78 is 11.2. The topological polar surface area (TPSA) is 159 Å². The number of furan rings is 1. The molecule has 0 radical (unpaired) electrons. The van der Waals surface area contributed by atoms with Crippen molar-refractivity contribution >= 4 is 40.8 Å².